The Kier molecular flexibility index (Phi) is 3.04. The highest BCUT2D eigenvalue weighted by molar-refractivity contribution is 6.32. The van der Waals surface area contributed by atoms with Crippen molar-refractivity contribution in [1.82, 2.24) is 0 Å². The molecule has 2 rings (SSSR count). The number of rotatable bonds is 3. The van der Waals surface area contributed by atoms with Gasteiger partial charge in [0, 0.05) is 0 Å². The molecule has 1 saturated carbocycles. The predicted octanol–water partition coefficient (Wildman–Crippen LogP) is 2.80. The van der Waals surface area contributed by atoms with Gasteiger partial charge in [-0.2, -0.15) is 0 Å². The second-order valence-electron chi connectivity index (χ2n) is 4.42. The predicted molar refractivity (Wildman–Crippen MR) is 65.5 cm³/mol. The van der Waals surface area contributed by atoms with Crippen LogP contribution in [0.5, 0.6) is 5.75 Å². The third-order valence-corrected chi connectivity index (χ3v) is 3.82. The van der Waals surface area contributed by atoms with Gasteiger partial charge in [-0.05, 0) is 30.0 Å². The SMILES string of the molecule is COC(=O)C1(c2ccc(OC)c(Cl)c2)CC1C. The monoisotopic (exact) mass is 254 g/mol. The Labute approximate surface area is 106 Å². The maximum atomic E-state index is 11.9. The molecule has 0 heterocycles. The van der Waals surface area contributed by atoms with Crippen LogP contribution in [0.1, 0.15) is 18.9 Å². The van der Waals surface area contributed by atoms with E-state index in [1.807, 2.05) is 13.0 Å². The number of methoxy groups -OCH3 is 2. The van der Waals surface area contributed by atoms with Gasteiger partial charge in [0.05, 0.1) is 24.7 Å². The van der Waals surface area contributed by atoms with Gasteiger partial charge < -0.3 is 9.47 Å². The van der Waals surface area contributed by atoms with Gasteiger partial charge in [-0.25, -0.2) is 0 Å². The molecule has 2 unspecified atom stereocenters. The first-order valence-electron chi connectivity index (χ1n) is 5.48. The zero-order valence-electron chi connectivity index (χ0n) is 10.1. The molecule has 1 aliphatic carbocycles. The number of hydrogen-bond acceptors (Lipinski definition) is 3. The van der Waals surface area contributed by atoms with E-state index in [2.05, 4.69) is 0 Å². The molecule has 0 bridgehead atoms. The fourth-order valence-corrected chi connectivity index (χ4v) is 2.61. The Bertz CT molecular complexity index is 458. The second kappa shape index (κ2) is 4.22. The molecule has 0 spiro atoms. The Morgan fingerprint density at radius 1 is 1.47 bits per heavy atom. The molecule has 1 aromatic rings. The number of carbonyl (C=O) groups is 1. The van der Waals surface area contributed by atoms with Gasteiger partial charge in [0.25, 0.3) is 0 Å². The third-order valence-electron chi connectivity index (χ3n) is 3.53. The maximum Gasteiger partial charge on any atom is 0.316 e. The van der Waals surface area contributed by atoms with Crippen molar-refractivity contribution in [3.63, 3.8) is 0 Å². The zero-order valence-corrected chi connectivity index (χ0v) is 10.9. The summed E-state index contributed by atoms with van der Waals surface area (Å²) in [5.41, 5.74) is 0.396. The number of hydrogen-bond donors (Lipinski definition) is 0. The Hall–Kier alpha value is -1.22. The number of carbonyl (C=O) groups excluding carboxylic acids is 1. The summed E-state index contributed by atoms with van der Waals surface area (Å²) in [7, 11) is 2.98. The minimum Gasteiger partial charge on any atom is -0.495 e. The van der Waals surface area contributed by atoms with E-state index in [0.717, 1.165) is 12.0 Å². The molecule has 92 valence electrons. The summed E-state index contributed by atoms with van der Waals surface area (Å²) < 4.78 is 9.98. The molecule has 1 aromatic carbocycles. The van der Waals surface area contributed by atoms with Crippen LogP contribution in [0.2, 0.25) is 5.02 Å². The van der Waals surface area contributed by atoms with Gasteiger partial charge in [0.15, 0.2) is 0 Å². The summed E-state index contributed by atoms with van der Waals surface area (Å²) in [5.74, 6) is 0.717. The van der Waals surface area contributed by atoms with E-state index >= 15 is 0 Å². The van der Waals surface area contributed by atoms with Crippen LogP contribution in [0.25, 0.3) is 0 Å². The molecule has 17 heavy (non-hydrogen) atoms. The molecule has 1 fully saturated rings. The Morgan fingerprint density at radius 2 is 2.12 bits per heavy atom. The first kappa shape index (κ1) is 12.2. The minimum absolute atomic E-state index is 0.189. The van der Waals surface area contributed by atoms with Crippen LogP contribution in [0.3, 0.4) is 0 Å². The molecule has 0 N–H and O–H groups in total. The summed E-state index contributed by atoms with van der Waals surface area (Å²) in [5, 5.41) is 0.521. The summed E-state index contributed by atoms with van der Waals surface area (Å²) in [6.45, 7) is 2.04. The fraction of sp³-hybridized carbons (Fsp3) is 0.462. The van der Waals surface area contributed by atoms with Gasteiger partial charge in [-0.1, -0.05) is 24.6 Å². The lowest BCUT2D eigenvalue weighted by molar-refractivity contribution is -0.144. The molecule has 4 heteroatoms. The van der Waals surface area contributed by atoms with E-state index in [1.54, 1.807) is 19.2 Å². The van der Waals surface area contributed by atoms with Crippen LogP contribution in [0, 0.1) is 5.92 Å². The van der Waals surface area contributed by atoms with E-state index in [4.69, 9.17) is 21.1 Å². The molecule has 0 saturated heterocycles. The van der Waals surface area contributed by atoms with Crippen molar-refractivity contribution in [2.75, 3.05) is 14.2 Å². The number of esters is 1. The molecule has 2 atom stereocenters. The standard InChI is InChI=1S/C13H15ClO3/c1-8-7-13(8,12(15)17-3)9-4-5-11(16-2)10(14)6-9/h4-6,8H,7H2,1-3H3. The van der Waals surface area contributed by atoms with Gasteiger partial charge in [0.1, 0.15) is 5.75 Å². The highest BCUT2D eigenvalue weighted by Gasteiger charge is 2.59. The van der Waals surface area contributed by atoms with E-state index in [9.17, 15) is 4.79 Å². The highest BCUT2D eigenvalue weighted by Crippen LogP contribution is 2.55. The molecule has 1 aliphatic rings. The summed E-state index contributed by atoms with van der Waals surface area (Å²) in [6.07, 6.45) is 0.808. The molecule has 0 amide bonds. The third kappa shape index (κ3) is 1.78. The molecule has 0 radical (unpaired) electrons. The smallest absolute Gasteiger partial charge is 0.316 e. The van der Waals surface area contributed by atoms with E-state index < -0.39 is 5.41 Å². The van der Waals surface area contributed by atoms with E-state index in [0.29, 0.717) is 16.7 Å². The fourth-order valence-electron chi connectivity index (χ4n) is 2.35. The van der Waals surface area contributed by atoms with Gasteiger partial charge in [-0.3, -0.25) is 4.79 Å². The van der Waals surface area contributed by atoms with Crippen molar-refractivity contribution in [3.05, 3.63) is 28.8 Å². The van der Waals surface area contributed by atoms with Crippen LogP contribution < -0.4 is 4.74 Å². The lowest BCUT2D eigenvalue weighted by Gasteiger charge is -2.15. The largest absolute Gasteiger partial charge is 0.495 e. The van der Waals surface area contributed by atoms with Crippen LogP contribution >= 0.6 is 11.6 Å². The first-order chi connectivity index (χ1) is 8.06. The summed E-state index contributed by atoms with van der Waals surface area (Å²) in [4.78, 5) is 11.9. The van der Waals surface area contributed by atoms with E-state index in [1.165, 1.54) is 7.11 Å². The topological polar surface area (TPSA) is 35.5 Å². The van der Waals surface area contributed by atoms with Crippen LogP contribution in [-0.2, 0) is 14.9 Å². The normalized spacial score (nSPS) is 26.5. The lowest BCUT2D eigenvalue weighted by Crippen LogP contribution is -2.24. The second-order valence-corrected chi connectivity index (χ2v) is 4.82. The van der Waals surface area contributed by atoms with Crippen LogP contribution in [-0.4, -0.2) is 20.2 Å². The van der Waals surface area contributed by atoms with Crippen LogP contribution in [0.4, 0.5) is 0 Å². The minimum atomic E-state index is -0.509. The maximum absolute atomic E-state index is 11.9. The number of halogens is 1. The molecule has 0 aromatic heterocycles. The van der Waals surface area contributed by atoms with Gasteiger partial charge >= 0.3 is 5.97 Å². The molecular formula is C13H15ClO3. The number of benzene rings is 1. The van der Waals surface area contributed by atoms with Gasteiger partial charge in [0.2, 0.25) is 0 Å². The average molecular weight is 255 g/mol. The average Bonchev–Trinajstić information content (AvgIpc) is 3.01. The summed E-state index contributed by atoms with van der Waals surface area (Å²) >= 11 is 6.08. The first-order valence-corrected chi connectivity index (χ1v) is 5.86. The van der Waals surface area contributed by atoms with Crippen molar-refractivity contribution >= 4 is 17.6 Å². The number of ether oxygens (including phenoxy) is 2. The molecule has 3 nitrogen and oxygen atoms in total. The molecule has 0 aliphatic heterocycles. The molecular weight excluding hydrogens is 240 g/mol. The lowest BCUT2D eigenvalue weighted by atomic mass is 9.93. The Balaban J connectivity index is 2.40. The van der Waals surface area contributed by atoms with Crippen molar-refractivity contribution in [2.45, 2.75) is 18.8 Å². The quantitative estimate of drug-likeness (QED) is 0.778. The highest BCUT2D eigenvalue weighted by atomic mass is 35.5. The Morgan fingerprint density at radius 3 is 2.53 bits per heavy atom. The van der Waals surface area contributed by atoms with Crippen molar-refractivity contribution in [3.8, 4) is 5.75 Å². The van der Waals surface area contributed by atoms with Gasteiger partial charge in [-0.15, -0.1) is 0 Å². The van der Waals surface area contributed by atoms with Crippen molar-refractivity contribution in [2.24, 2.45) is 5.92 Å². The van der Waals surface area contributed by atoms with Crippen molar-refractivity contribution in [1.29, 1.82) is 0 Å². The van der Waals surface area contributed by atoms with E-state index in [-0.39, 0.29) is 5.97 Å². The summed E-state index contributed by atoms with van der Waals surface area (Å²) in [6, 6.07) is 5.46. The zero-order chi connectivity index (χ0) is 12.6. The van der Waals surface area contributed by atoms with Crippen LogP contribution in [0.15, 0.2) is 18.2 Å². The van der Waals surface area contributed by atoms with Crippen molar-refractivity contribution < 1.29 is 14.3 Å².